The van der Waals surface area contributed by atoms with E-state index >= 15 is 0 Å². The molecule has 2 amide bonds. The summed E-state index contributed by atoms with van der Waals surface area (Å²) in [6.45, 7) is 0.376. The molecule has 0 aliphatic carbocycles. The van der Waals surface area contributed by atoms with Crippen molar-refractivity contribution in [1.82, 2.24) is 15.3 Å². The molecule has 0 saturated carbocycles. The van der Waals surface area contributed by atoms with Gasteiger partial charge in [-0.05, 0) is 12.5 Å². The number of nitrogens with one attached hydrogen (secondary N) is 1. The van der Waals surface area contributed by atoms with Gasteiger partial charge in [-0.15, -0.1) is 0 Å². The maximum atomic E-state index is 11.8. The van der Waals surface area contributed by atoms with Crippen molar-refractivity contribution in [3.63, 3.8) is 0 Å². The molecule has 1 aromatic heterocycles. The summed E-state index contributed by atoms with van der Waals surface area (Å²) in [4.78, 5) is 31.2. The van der Waals surface area contributed by atoms with Gasteiger partial charge < -0.3 is 16.8 Å². The van der Waals surface area contributed by atoms with E-state index in [1.165, 1.54) is 0 Å². The van der Waals surface area contributed by atoms with Crippen molar-refractivity contribution in [1.29, 1.82) is 0 Å². The molecule has 0 aliphatic rings. The third kappa shape index (κ3) is 5.44. The van der Waals surface area contributed by atoms with E-state index < -0.39 is 11.9 Å². The lowest BCUT2D eigenvalue weighted by molar-refractivity contribution is -0.122. The van der Waals surface area contributed by atoms with E-state index in [-0.39, 0.29) is 18.7 Å². The minimum Gasteiger partial charge on any atom is -0.370 e. The lowest BCUT2D eigenvalue weighted by Crippen LogP contribution is -2.41. The molecule has 24 heavy (non-hydrogen) atoms. The predicted molar refractivity (Wildman–Crippen MR) is 90.6 cm³/mol. The van der Waals surface area contributed by atoms with Gasteiger partial charge in [-0.25, -0.2) is 9.97 Å². The fraction of sp³-hybridized carbons (Fsp3) is 0.294. The molecule has 1 atom stereocenters. The van der Waals surface area contributed by atoms with Crippen LogP contribution in [0.15, 0.2) is 42.6 Å². The van der Waals surface area contributed by atoms with Gasteiger partial charge in [0.1, 0.15) is 5.82 Å². The van der Waals surface area contributed by atoms with Gasteiger partial charge in [-0.1, -0.05) is 30.3 Å². The van der Waals surface area contributed by atoms with E-state index in [1.54, 1.807) is 6.20 Å². The van der Waals surface area contributed by atoms with Crippen molar-refractivity contribution in [2.75, 3.05) is 6.54 Å². The van der Waals surface area contributed by atoms with Crippen molar-refractivity contribution in [2.45, 2.75) is 25.3 Å². The molecule has 5 N–H and O–H groups in total. The molecular formula is C17H21N5O2. The molecule has 1 heterocycles. The van der Waals surface area contributed by atoms with Crippen LogP contribution in [0, 0.1) is 0 Å². The standard InChI is InChI=1S/C17H21N5O2/c18-13(6-7-15(19)23)17(24)21-11-9-16-20-10-8-14(22-16)12-4-2-1-3-5-12/h1-5,8,10,13H,6-7,9,11,18H2,(H2,19,23)(H,21,24)/t13-/m0/s1. The molecule has 2 aromatic rings. The second kappa shape index (κ2) is 8.73. The first-order chi connectivity index (χ1) is 11.6. The van der Waals surface area contributed by atoms with Gasteiger partial charge in [0.15, 0.2) is 0 Å². The van der Waals surface area contributed by atoms with Gasteiger partial charge in [0.2, 0.25) is 11.8 Å². The van der Waals surface area contributed by atoms with E-state index in [2.05, 4.69) is 15.3 Å². The van der Waals surface area contributed by atoms with Crippen molar-refractivity contribution < 1.29 is 9.59 Å². The number of carbonyl (C=O) groups is 2. The highest BCUT2D eigenvalue weighted by Gasteiger charge is 2.13. The largest absolute Gasteiger partial charge is 0.370 e. The van der Waals surface area contributed by atoms with Crippen molar-refractivity contribution in [3.05, 3.63) is 48.4 Å². The van der Waals surface area contributed by atoms with Crippen molar-refractivity contribution in [3.8, 4) is 11.3 Å². The summed E-state index contributed by atoms with van der Waals surface area (Å²) in [5, 5.41) is 2.72. The number of rotatable bonds is 8. The second-order valence-corrected chi connectivity index (χ2v) is 5.38. The highest BCUT2D eigenvalue weighted by molar-refractivity contribution is 5.82. The molecule has 0 spiro atoms. The number of benzene rings is 1. The Balaban J connectivity index is 1.84. The molecule has 1 aromatic carbocycles. The molecule has 0 aliphatic heterocycles. The fourth-order valence-electron chi connectivity index (χ4n) is 2.15. The topological polar surface area (TPSA) is 124 Å². The SMILES string of the molecule is NC(=O)CC[C@H](N)C(=O)NCCc1nccc(-c2ccccc2)n1. The Hall–Kier alpha value is -2.80. The third-order valence-corrected chi connectivity index (χ3v) is 3.46. The Labute approximate surface area is 140 Å². The molecule has 126 valence electrons. The van der Waals surface area contributed by atoms with E-state index in [0.717, 1.165) is 11.3 Å². The molecule has 0 bridgehead atoms. The van der Waals surface area contributed by atoms with Gasteiger partial charge in [-0.3, -0.25) is 9.59 Å². The van der Waals surface area contributed by atoms with Crippen LogP contribution in [-0.2, 0) is 16.0 Å². The normalized spacial score (nSPS) is 11.7. The number of nitrogens with two attached hydrogens (primary N) is 2. The minimum absolute atomic E-state index is 0.0941. The van der Waals surface area contributed by atoms with E-state index in [0.29, 0.717) is 18.8 Å². The molecule has 0 radical (unpaired) electrons. The van der Waals surface area contributed by atoms with Gasteiger partial charge in [0.05, 0.1) is 11.7 Å². The quantitative estimate of drug-likeness (QED) is 0.647. The summed E-state index contributed by atoms with van der Waals surface area (Å²) in [6.07, 6.45) is 2.53. The highest BCUT2D eigenvalue weighted by Crippen LogP contribution is 2.15. The minimum atomic E-state index is -0.742. The number of carbonyl (C=O) groups excluding carboxylic acids is 2. The molecule has 2 rings (SSSR count). The summed E-state index contributed by atoms with van der Waals surface area (Å²) in [6, 6.07) is 10.9. The zero-order chi connectivity index (χ0) is 17.4. The summed E-state index contributed by atoms with van der Waals surface area (Å²) in [7, 11) is 0. The van der Waals surface area contributed by atoms with E-state index in [9.17, 15) is 9.59 Å². The monoisotopic (exact) mass is 327 g/mol. The molecule has 7 nitrogen and oxygen atoms in total. The predicted octanol–water partition coefficient (Wildman–Crippen LogP) is 0.395. The number of hydrogen-bond donors (Lipinski definition) is 3. The summed E-state index contributed by atoms with van der Waals surface area (Å²) in [5.41, 5.74) is 12.6. The van der Waals surface area contributed by atoms with Crippen molar-refractivity contribution >= 4 is 11.8 Å². The van der Waals surface area contributed by atoms with Crippen LogP contribution in [0.25, 0.3) is 11.3 Å². The van der Waals surface area contributed by atoms with Crippen LogP contribution in [0.2, 0.25) is 0 Å². The van der Waals surface area contributed by atoms with Crippen LogP contribution in [-0.4, -0.2) is 34.4 Å². The van der Waals surface area contributed by atoms with Crippen LogP contribution in [0.3, 0.4) is 0 Å². The smallest absolute Gasteiger partial charge is 0.236 e. The Morgan fingerprint density at radius 1 is 1.17 bits per heavy atom. The Kier molecular flexibility index (Phi) is 6.39. The Morgan fingerprint density at radius 2 is 1.92 bits per heavy atom. The Morgan fingerprint density at radius 3 is 2.62 bits per heavy atom. The second-order valence-electron chi connectivity index (χ2n) is 5.38. The first-order valence-corrected chi connectivity index (χ1v) is 7.75. The third-order valence-electron chi connectivity index (χ3n) is 3.46. The fourth-order valence-corrected chi connectivity index (χ4v) is 2.15. The lowest BCUT2D eigenvalue weighted by Gasteiger charge is -2.11. The molecule has 0 fully saturated rings. The maximum absolute atomic E-state index is 11.8. The Bertz CT molecular complexity index is 690. The maximum Gasteiger partial charge on any atom is 0.236 e. The van der Waals surface area contributed by atoms with Gasteiger partial charge in [-0.2, -0.15) is 0 Å². The van der Waals surface area contributed by atoms with Crippen LogP contribution >= 0.6 is 0 Å². The first kappa shape index (κ1) is 17.6. The zero-order valence-corrected chi connectivity index (χ0v) is 13.3. The van der Waals surface area contributed by atoms with Crippen molar-refractivity contribution in [2.24, 2.45) is 11.5 Å². The van der Waals surface area contributed by atoms with E-state index in [4.69, 9.17) is 11.5 Å². The highest BCUT2D eigenvalue weighted by atomic mass is 16.2. The van der Waals surface area contributed by atoms with Gasteiger partial charge in [0, 0.05) is 31.1 Å². The molecule has 7 heteroatoms. The van der Waals surface area contributed by atoms with Crippen LogP contribution in [0.5, 0.6) is 0 Å². The van der Waals surface area contributed by atoms with Crippen LogP contribution in [0.4, 0.5) is 0 Å². The van der Waals surface area contributed by atoms with Crippen LogP contribution in [0.1, 0.15) is 18.7 Å². The average Bonchev–Trinajstić information content (AvgIpc) is 2.60. The zero-order valence-electron chi connectivity index (χ0n) is 13.3. The number of primary amides is 1. The number of nitrogens with zero attached hydrogens (tertiary/aromatic N) is 2. The molecular weight excluding hydrogens is 306 g/mol. The van der Waals surface area contributed by atoms with Gasteiger partial charge >= 0.3 is 0 Å². The number of aromatic nitrogens is 2. The molecule has 0 saturated heterocycles. The van der Waals surface area contributed by atoms with Gasteiger partial charge in [0.25, 0.3) is 0 Å². The first-order valence-electron chi connectivity index (χ1n) is 7.75. The number of hydrogen-bond acceptors (Lipinski definition) is 5. The number of amides is 2. The van der Waals surface area contributed by atoms with E-state index in [1.807, 2.05) is 36.4 Å². The lowest BCUT2D eigenvalue weighted by atomic mass is 10.1. The molecule has 0 unspecified atom stereocenters. The average molecular weight is 327 g/mol. The summed E-state index contributed by atoms with van der Waals surface area (Å²) >= 11 is 0. The summed E-state index contributed by atoms with van der Waals surface area (Å²) in [5.74, 6) is -0.137. The van der Waals surface area contributed by atoms with Crippen LogP contribution < -0.4 is 16.8 Å². The summed E-state index contributed by atoms with van der Waals surface area (Å²) < 4.78 is 0.